The Labute approximate surface area is 164 Å². The molecule has 1 fully saturated rings. The predicted octanol–water partition coefficient (Wildman–Crippen LogP) is 1.88. The molecule has 28 heavy (non-hydrogen) atoms. The SMILES string of the molecule is CN(C(=O)c1ccc2c(n1)NC(=O)CO2)C1CCN(C(=O)OC(C)(C)C)CC1. The van der Waals surface area contributed by atoms with Crippen LogP contribution < -0.4 is 10.1 Å². The number of fused-ring (bicyclic) bond motifs is 1. The first-order valence-corrected chi connectivity index (χ1v) is 9.33. The lowest BCUT2D eigenvalue weighted by molar-refractivity contribution is -0.118. The zero-order chi connectivity index (χ0) is 20.5. The van der Waals surface area contributed by atoms with E-state index in [1.807, 2.05) is 20.8 Å². The first-order chi connectivity index (χ1) is 13.1. The summed E-state index contributed by atoms with van der Waals surface area (Å²) in [5.74, 6) is 0.172. The van der Waals surface area contributed by atoms with Crippen molar-refractivity contribution in [2.75, 3.05) is 32.1 Å². The van der Waals surface area contributed by atoms with Crippen LogP contribution in [0.3, 0.4) is 0 Å². The number of piperidine rings is 1. The molecule has 0 atom stereocenters. The minimum absolute atomic E-state index is 0.00476. The van der Waals surface area contributed by atoms with Crippen LogP contribution in [0.4, 0.5) is 10.6 Å². The molecule has 1 saturated heterocycles. The van der Waals surface area contributed by atoms with Gasteiger partial charge in [0.2, 0.25) is 0 Å². The minimum Gasteiger partial charge on any atom is -0.480 e. The summed E-state index contributed by atoms with van der Waals surface area (Å²) in [6.45, 7) is 6.50. The van der Waals surface area contributed by atoms with E-state index in [4.69, 9.17) is 9.47 Å². The van der Waals surface area contributed by atoms with Gasteiger partial charge in [0.05, 0.1) is 0 Å². The van der Waals surface area contributed by atoms with Gasteiger partial charge in [0.1, 0.15) is 11.3 Å². The summed E-state index contributed by atoms with van der Waals surface area (Å²) in [7, 11) is 1.73. The number of aromatic nitrogens is 1. The fourth-order valence-corrected chi connectivity index (χ4v) is 3.19. The Kier molecular flexibility index (Phi) is 5.44. The van der Waals surface area contributed by atoms with Gasteiger partial charge in [-0.3, -0.25) is 9.59 Å². The van der Waals surface area contributed by atoms with Gasteiger partial charge < -0.3 is 24.6 Å². The van der Waals surface area contributed by atoms with Crippen molar-refractivity contribution in [1.29, 1.82) is 0 Å². The van der Waals surface area contributed by atoms with Gasteiger partial charge in [-0.05, 0) is 45.7 Å². The molecule has 0 saturated carbocycles. The topological polar surface area (TPSA) is 101 Å². The van der Waals surface area contributed by atoms with Crippen molar-refractivity contribution in [1.82, 2.24) is 14.8 Å². The van der Waals surface area contributed by atoms with Crippen LogP contribution in [-0.4, -0.2) is 71.1 Å². The lowest BCUT2D eigenvalue weighted by Gasteiger charge is -2.37. The van der Waals surface area contributed by atoms with E-state index >= 15 is 0 Å². The molecule has 0 unspecified atom stereocenters. The second kappa shape index (κ2) is 7.65. The highest BCUT2D eigenvalue weighted by Gasteiger charge is 2.31. The Morgan fingerprint density at radius 2 is 1.96 bits per heavy atom. The Balaban J connectivity index is 1.60. The van der Waals surface area contributed by atoms with Gasteiger partial charge in [-0.1, -0.05) is 0 Å². The van der Waals surface area contributed by atoms with Crippen molar-refractivity contribution in [3.05, 3.63) is 17.8 Å². The molecule has 3 amide bonds. The monoisotopic (exact) mass is 390 g/mol. The average molecular weight is 390 g/mol. The van der Waals surface area contributed by atoms with E-state index in [0.717, 1.165) is 0 Å². The Bertz CT molecular complexity index is 781. The summed E-state index contributed by atoms with van der Waals surface area (Å²) in [6.07, 6.45) is 0.991. The van der Waals surface area contributed by atoms with Crippen LogP contribution in [0.1, 0.15) is 44.1 Å². The van der Waals surface area contributed by atoms with Crippen molar-refractivity contribution in [2.45, 2.75) is 45.3 Å². The normalized spacial score (nSPS) is 17.3. The number of anilines is 1. The van der Waals surface area contributed by atoms with E-state index in [0.29, 0.717) is 31.7 Å². The van der Waals surface area contributed by atoms with Crippen molar-refractivity contribution < 1.29 is 23.9 Å². The summed E-state index contributed by atoms with van der Waals surface area (Å²) in [5.41, 5.74) is -0.292. The van der Waals surface area contributed by atoms with Crippen molar-refractivity contribution in [2.24, 2.45) is 0 Å². The molecule has 2 aliphatic rings. The highest BCUT2D eigenvalue weighted by Crippen LogP contribution is 2.26. The van der Waals surface area contributed by atoms with Crippen molar-refractivity contribution in [3.8, 4) is 5.75 Å². The van der Waals surface area contributed by atoms with Crippen LogP contribution in [-0.2, 0) is 9.53 Å². The molecule has 2 aliphatic heterocycles. The zero-order valence-corrected chi connectivity index (χ0v) is 16.7. The number of hydrogen-bond donors (Lipinski definition) is 1. The van der Waals surface area contributed by atoms with Gasteiger partial charge in [-0.25, -0.2) is 9.78 Å². The third-order valence-electron chi connectivity index (χ3n) is 4.68. The molecule has 1 aromatic rings. The van der Waals surface area contributed by atoms with E-state index < -0.39 is 5.60 Å². The highest BCUT2D eigenvalue weighted by atomic mass is 16.6. The molecule has 0 aliphatic carbocycles. The molecular weight excluding hydrogens is 364 g/mol. The molecule has 3 heterocycles. The number of rotatable bonds is 2. The Morgan fingerprint density at radius 3 is 2.61 bits per heavy atom. The largest absolute Gasteiger partial charge is 0.480 e. The first kappa shape index (κ1) is 19.9. The Morgan fingerprint density at radius 1 is 1.29 bits per heavy atom. The molecule has 152 valence electrons. The molecule has 3 rings (SSSR count). The standard InChI is InChI=1S/C19H26N4O5/c1-19(2,3)28-18(26)23-9-7-12(8-10-23)22(4)17(25)13-5-6-14-16(20-13)21-15(24)11-27-14/h5-6,12H,7-11H2,1-4H3,(H,20,21,24). The van der Waals surface area contributed by atoms with E-state index in [1.165, 1.54) is 0 Å². The van der Waals surface area contributed by atoms with E-state index in [-0.39, 0.29) is 42.1 Å². The number of carbonyl (C=O) groups is 3. The molecule has 0 radical (unpaired) electrons. The van der Waals surface area contributed by atoms with Crippen LogP contribution in [0.15, 0.2) is 12.1 Å². The summed E-state index contributed by atoms with van der Waals surface area (Å²) in [4.78, 5) is 44.0. The maximum atomic E-state index is 12.8. The first-order valence-electron chi connectivity index (χ1n) is 9.33. The number of pyridine rings is 1. The van der Waals surface area contributed by atoms with E-state index in [2.05, 4.69) is 10.3 Å². The van der Waals surface area contributed by atoms with Crippen LogP contribution >= 0.6 is 0 Å². The fraction of sp³-hybridized carbons (Fsp3) is 0.579. The third-order valence-corrected chi connectivity index (χ3v) is 4.68. The summed E-state index contributed by atoms with van der Waals surface area (Å²) < 4.78 is 10.7. The minimum atomic E-state index is -0.530. The fourth-order valence-electron chi connectivity index (χ4n) is 3.19. The van der Waals surface area contributed by atoms with Gasteiger partial charge in [-0.15, -0.1) is 0 Å². The number of ether oxygens (including phenoxy) is 2. The van der Waals surface area contributed by atoms with Crippen LogP contribution in [0, 0.1) is 0 Å². The number of likely N-dealkylation sites (tertiary alicyclic amines) is 1. The lowest BCUT2D eigenvalue weighted by atomic mass is 10.0. The van der Waals surface area contributed by atoms with Crippen molar-refractivity contribution >= 4 is 23.7 Å². The third kappa shape index (κ3) is 4.52. The molecule has 0 aromatic carbocycles. The molecule has 1 N–H and O–H groups in total. The smallest absolute Gasteiger partial charge is 0.410 e. The zero-order valence-electron chi connectivity index (χ0n) is 16.7. The van der Waals surface area contributed by atoms with Gasteiger partial charge in [0.15, 0.2) is 18.2 Å². The number of nitrogens with one attached hydrogen (secondary N) is 1. The van der Waals surface area contributed by atoms with Gasteiger partial charge >= 0.3 is 6.09 Å². The van der Waals surface area contributed by atoms with Crippen LogP contribution in [0.5, 0.6) is 5.75 Å². The number of nitrogens with zero attached hydrogens (tertiary/aromatic N) is 3. The molecule has 1 aromatic heterocycles. The van der Waals surface area contributed by atoms with Gasteiger partial charge in [0.25, 0.3) is 11.8 Å². The number of carbonyl (C=O) groups excluding carboxylic acids is 3. The van der Waals surface area contributed by atoms with Crippen molar-refractivity contribution in [3.63, 3.8) is 0 Å². The molecule has 0 bridgehead atoms. The van der Waals surface area contributed by atoms with Crippen LogP contribution in [0.2, 0.25) is 0 Å². The molecular formula is C19H26N4O5. The number of hydrogen-bond acceptors (Lipinski definition) is 6. The predicted molar refractivity (Wildman–Crippen MR) is 101 cm³/mol. The van der Waals surface area contributed by atoms with Gasteiger partial charge in [0, 0.05) is 26.2 Å². The van der Waals surface area contributed by atoms with Crippen LogP contribution in [0.25, 0.3) is 0 Å². The molecule has 0 spiro atoms. The highest BCUT2D eigenvalue weighted by molar-refractivity contribution is 5.97. The summed E-state index contributed by atoms with van der Waals surface area (Å²) >= 11 is 0. The quantitative estimate of drug-likeness (QED) is 0.827. The maximum absolute atomic E-state index is 12.8. The molecule has 9 heteroatoms. The lowest BCUT2D eigenvalue weighted by Crippen LogP contribution is -2.48. The second-order valence-corrected chi connectivity index (χ2v) is 7.99. The van der Waals surface area contributed by atoms with E-state index in [1.54, 1.807) is 29.0 Å². The summed E-state index contributed by atoms with van der Waals surface area (Å²) in [6, 6.07) is 3.22. The average Bonchev–Trinajstić information content (AvgIpc) is 2.65. The Hall–Kier alpha value is -2.84. The summed E-state index contributed by atoms with van der Waals surface area (Å²) in [5, 5.41) is 2.61. The van der Waals surface area contributed by atoms with Gasteiger partial charge in [-0.2, -0.15) is 0 Å². The maximum Gasteiger partial charge on any atom is 0.410 e. The number of amides is 3. The molecule has 9 nitrogen and oxygen atoms in total. The van der Waals surface area contributed by atoms with E-state index in [9.17, 15) is 14.4 Å². The second-order valence-electron chi connectivity index (χ2n) is 7.99.